The average molecular weight is 669 g/mol. The van der Waals surface area contributed by atoms with Crippen LogP contribution in [0.25, 0.3) is 11.3 Å². The Bertz CT molecular complexity index is 1990. The van der Waals surface area contributed by atoms with Gasteiger partial charge in [-0.1, -0.05) is 45.0 Å². The van der Waals surface area contributed by atoms with Crippen LogP contribution < -0.4 is 14.2 Å². The van der Waals surface area contributed by atoms with Gasteiger partial charge in [0.2, 0.25) is 17.7 Å². The Morgan fingerprint density at radius 2 is 1.79 bits per heavy atom. The fraction of sp³-hybridized carbons (Fsp3) is 0.417. The van der Waals surface area contributed by atoms with Crippen LogP contribution in [0.4, 0.5) is 5.95 Å². The Hall–Kier alpha value is -4.58. The highest BCUT2D eigenvalue weighted by Gasteiger charge is 2.42. The van der Waals surface area contributed by atoms with E-state index in [4.69, 9.17) is 14.5 Å². The normalized spacial score (nSPS) is 20.8. The first-order chi connectivity index (χ1) is 22.9. The van der Waals surface area contributed by atoms with Crippen molar-refractivity contribution in [3.8, 4) is 23.0 Å². The summed E-state index contributed by atoms with van der Waals surface area (Å²) in [6.07, 6.45) is 5.09. The molecule has 1 amide bonds. The lowest BCUT2D eigenvalue weighted by molar-refractivity contribution is 0.0537. The average Bonchev–Trinajstić information content (AvgIpc) is 3.61. The second-order valence-electron chi connectivity index (χ2n) is 13.9. The van der Waals surface area contributed by atoms with E-state index < -0.39 is 10.0 Å². The van der Waals surface area contributed by atoms with E-state index in [1.807, 2.05) is 32.0 Å². The molecule has 48 heavy (non-hydrogen) atoms. The number of carbonyl (C=O) groups is 1. The van der Waals surface area contributed by atoms with Crippen LogP contribution in [0.5, 0.6) is 11.8 Å². The van der Waals surface area contributed by atoms with Crippen molar-refractivity contribution >= 4 is 21.9 Å². The number of aryl methyl sites for hydroxylation is 2. The van der Waals surface area contributed by atoms with E-state index in [-0.39, 0.29) is 58.9 Å². The van der Waals surface area contributed by atoms with Crippen LogP contribution in [-0.2, 0) is 23.0 Å². The lowest BCUT2D eigenvalue weighted by Gasteiger charge is -2.33. The van der Waals surface area contributed by atoms with Gasteiger partial charge in [0.05, 0.1) is 35.1 Å². The van der Waals surface area contributed by atoms with Crippen molar-refractivity contribution in [2.75, 3.05) is 11.3 Å². The lowest BCUT2D eigenvalue weighted by Crippen LogP contribution is -2.44. The van der Waals surface area contributed by atoms with Crippen molar-refractivity contribution < 1.29 is 22.7 Å². The molecule has 4 bridgehead atoms. The smallest absolute Gasteiger partial charge is 0.264 e. The van der Waals surface area contributed by atoms with Crippen LogP contribution >= 0.6 is 0 Å². The number of anilines is 1. The maximum atomic E-state index is 14.5. The summed E-state index contributed by atoms with van der Waals surface area (Å²) in [5.74, 6) is 0.611. The van der Waals surface area contributed by atoms with Gasteiger partial charge in [-0.15, -0.1) is 0 Å². The van der Waals surface area contributed by atoms with E-state index in [1.165, 1.54) is 12.1 Å². The molecular formula is C36H40N6O5S. The van der Waals surface area contributed by atoms with Gasteiger partial charge in [0.25, 0.3) is 15.9 Å². The number of aromatic nitrogens is 4. The molecule has 0 spiro atoms. The molecule has 11 nitrogen and oxygen atoms in total. The van der Waals surface area contributed by atoms with Gasteiger partial charge in [0.1, 0.15) is 18.4 Å². The van der Waals surface area contributed by atoms with Crippen LogP contribution in [0.2, 0.25) is 0 Å². The Kier molecular flexibility index (Phi) is 8.09. The summed E-state index contributed by atoms with van der Waals surface area (Å²) in [6, 6.07) is 13.3. The van der Waals surface area contributed by atoms with Crippen LogP contribution in [0.15, 0.2) is 59.6 Å². The largest absolute Gasteiger partial charge is 0.475 e. The fourth-order valence-corrected chi connectivity index (χ4v) is 7.50. The van der Waals surface area contributed by atoms with Crippen LogP contribution in [0.1, 0.15) is 72.9 Å². The van der Waals surface area contributed by atoms with Gasteiger partial charge in [-0.05, 0) is 73.8 Å². The molecule has 0 saturated heterocycles. The predicted octanol–water partition coefficient (Wildman–Crippen LogP) is 5.90. The summed E-state index contributed by atoms with van der Waals surface area (Å²) in [4.78, 5) is 34.7. The Morgan fingerprint density at radius 3 is 2.52 bits per heavy atom. The number of hydrogen-bond acceptors (Lipinski definition) is 9. The molecule has 3 aliphatic rings. The van der Waals surface area contributed by atoms with Crippen molar-refractivity contribution in [1.82, 2.24) is 24.8 Å². The van der Waals surface area contributed by atoms with E-state index in [1.54, 1.807) is 29.3 Å². The molecule has 2 aromatic heterocycles. The maximum Gasteiger partial charge on any atom is 0.264 e. The summed E-state index contributed by atoms with van der Waals surface area (Å²) >= 11 is 0. The van der Waals surface area contributed by atoms with Crippen molar-refractivity contribution in [2.45, 2.75) is 83.9 Å². The molecule has 250 valence electrons. The minimum absolute atomic E-state index is 0.00262. The molecule has 12 heteroatoms. The van der Waals surface area contributed by atoms with E-state index in [9.17, 15) is 13.2 Å². The minimum Gasteiger partial charge on any atom is -0.475 e. The Morgan fingerprint density at radius 1 is 1.04 bits per heavy atom. The maximum absolute atomic E-state index is 14.5. The quantitative estimate of drug-likeness (QED) is 0.266. The third-order valence-corrected chi connectivity index (χ3v) is 10.9. The first-order valence-corrected chi connectivity index (χ1v) is 17.9. The van der Waals surface area contributed by atoms with Crippen molar-refractivity contribution in [2.24, 2.45) is 11.3 Å². The van der Waals surface area contributed by atoms with E-state index in [2.05, 4.69) is 40.4 Å². The number of carbonyl (C=O) groups excluding carboxylic acids is 1. The molecular weight excluding hydrogens is 629 g/mol. The number of ether oxygens (including phenoxy) is 2. The molecule has 7 rings (SSSR count). The highest BCUT2D eigenvalue weighted by Crippen LogP contribution is 2.49. The van der Waals surface area contributed by atoms with Gasteiger partial charge < -0.3 is 14.4 Å². The van der Waals surface area contributed by atoms with Gasteiger partial charge in [-0.3, -0.25) is 4.79 Å². The predicted molar refractivity (Wildman–Crippen MR) is 180 cm³/mol. The minimum atomic E-state index is -4.17. The zero-order chi connectivity index (χ0) is 33.8. The second kappa shape index (κ2) is 12.1. The topological polar surface area (TPSA) is 136 Å². The van der Waals surface area contributed by atoms with Crippen LogP contribution in [-0.4, -0.2) is 57.9 Å². The second-order valence-corrected chi connectivity index (χ2v) is 15.6. The van der Waals surface area contributed by atoms with Gasteiger partial charge in [0, 0.05) is 23.6 Å². The summed E-state index contributed by atoms with van der Waals surface area (Å²) in [6.45, 7) is 10.7. The van der Waals surface area contributed by atoms with Gasteiger partial charge in [-0.25, -0.2) is 28.1 Å². The summed E-state index contributed by atoms with van der Waals surface area (Å²) in [5.41, 5.74) is 5.06. The van der Waals surface area contributed by atoms with Crippen molar-refractivity contribution in [3.05, 3.63) is 82.8 Å². The highest BCUT2D eigenvalue weighted by atomic mass is 32.2. The lowest BCUT2D eigenvalue weighted by atomic mass is 9.97. The van der Waals surface area contributed by atoms with Gasteiger partial charge >= 0.3 is 0 Å². The zero-order valence-electron chi connectivity index (χ0n) is 27.9. The van der Waals surface area contributed by atoms with Crippen molar-refractivity contribution in [1.29, 1.82) is 0 Å². The van der Waals surface area contributed by atoms with Crippen LogP contribution in [0.3, 0.4) is 0 Å². The SMILES string of the molecule is Cc1cccc(C)c1-c1cc2nc(n1)NS(=O)(=O)c1cccc(c1)C(=O)N(Cc1cnc3c(n1)CC(C(C)C)O3)[C@H](CC1(C)CC1)CO2. The molecule has 1 fully saturated rings. The standard InChI is InChI=1S/C36H40N6O5S/c1-21(2)30-15-29-33(47-30)37-18-25(38-29)19-42-26(17-36(5)12-13-36)20-46-31-16-28(32-22(3)8-6-9-23(32)4)39-35(40-31)41-48(44,45)27-11-7-10-24(14-27)34(42)43/h6-11,14,16,18,21,26,30H,12-13,15,17,19-20H2,1-5H3,(H,39,40,41)/t26-,30?/m1/s1. The van der Waals surface area contributed by atoms with E-state index >= 15 is 0 Å². The van der Waals surface area contributed by atoms with Crippen molar-refractivity contribution in [3.63, 3.8) is 0 Å². The molecule has 0 radical (unpaired) electrons. The van der Waals surface area contributed by atoms with Crippen LogP contribution in [0, 0.1) is 25.2 Å². The monoisotopic (exact) mass is 668 g/mol. The molecule has 1 aliphatic carbocycles. The molecule has 2 aromatic carbocycles. The molecule has 1 unspecified atom stereocenters. The first-order valence-electron chi connectivity index (χ1n) is 16.4. The first kappa shape index (κ1) is 32.0. The summed E-state index contributed by atoms with van der Waals surface area (Å²) < 4.78 is 42.3. The third-order valence-electron chi connectivity index (χ3n) is 9.60. The number of nitrogens with one attached hydrogen (secondary N) is 1. The van der Waals surface area contributed by atoms with Gasteiger partial charge in [0.15, 0.2) is 0 Å². The number of amides is 1. The fourth-order valence-electron chi connectivity index (χ4n) is 6.51. The number of fused-ring (bicyclic) bond motifs is 5. The number of rotatable bonds is 6. The number of nitrogens with zero attached hydrogens (tertiary/aromatic N) is 5. The third kappa shape index (κ3) is 6.45. The number of benzene rings is 2. The molecule has 1 saturated carbocycles. The van der Waals surface area contributed by atoms with E-state index in [0.29, 0.717) is 36.0 Å². The molecule has 2 aliphatic heterocycles. The molecule has 4 heterocycles. The number of hydrogen-bond donors (Lipinski definition) is 1. The molecule has 4 aromatic rings. The number of sulfonamides is 1. The molecule has 1 N–H and O–H groups in total. The highest BCUT2D eigenvalue weighted by molar-refractivity contribution is 7.92. The van der Waals surface area contributed by atoms with Gasteiger partial charge in [-0.2, -0.15) is 4.98 Å². The molecule has 2 atom stereocenters. The van der Waals surface area contributed by atoms with E-state index in [0.717, 1.165) is 35.2 Å². The Labute approximate surface area is 281 Å². The summed E-state index contributed by atoms with van der Waals surface area (Å²) in [7, 11) is -4.17. The zero-order valence-corrected chi connectivity index (χ0v) is 28.7. The summed E-state index contributed by atoms with van der Waals surface area (Å²) in [5, 5.41) is 0. The Balaban J connectivity index is 1.32.